The highest BCUT2D eigenvalue weighted by atomic mass is 16.5. The molecular weight excluding hydrogens is 356 g/mol. The van der Waals surface area contributed by atoms with Crippen molar-refractivity contribution in [2.75, 3.05) is 25.7 Å². The molecule has 0 saturated carbocycles. The molecule has 2 aromatic rings. The van der Waals surface area contributed by atoms with Gasteiger partial charge in [0.15, 0.2) is 11.5 Å². The van der Waals surface area contributed by atoms with Gasteiger partial charge in [0.1, 0.15) is 6.04 Å². The zero-order valence-corrected chi connectivity index (χ0v) is 16.3. The molecule has 0 bridgehead atoms. The number of hydrogen-bond acceptors (Lipinski definition) is 4. The molecule has 1 aliphatic heterocycles. The van der Waals surface area contributed by atoms with Crippen LogP contribution < -0.4 is 19.7 Å². The van der Waals surface area contributed by atoms with Gasteiger partial charge in [0.05, 0.1) is 14.2 Å². The highest BCUT2D eigenvalue weighted by Gasteiger charge is 2.30. The maximum absolute atomic E-state index is 12.8. The molecule has 2 aromatic carbocycles. The van der Waals surface area contributed by atoms with Gasteiger partial charge >= 0.3 is 0 Å². The fraction of sp³-hybridized carbons (Fsp3) is 0.364. The lowest BCUT2D eigenvalue weighted by Crippen LogP contribution is -2.52. The molecule has 3 rings (SSSR count). The average Bonchev–Trinajstić information content (AvgIpc) is 2.74. The van der Waals surface area contributed by atoms with Crippen molar-refractivity contribution in [3.05, 3.63) is 54.1 Å². The molecule has 1 atom stereocenters. The van der Waals surface area contributed by atoms with Gasteiger partial charge in [0.2, 0.25) is 11.8 Å². The van der Waals surface area contributed by atoms with E-state index in [2.05, 4.69) is 5.32 Å². The molecule has 1 unspecified atom stereocenters. The summed E-state index contributed by atoms with van der Waals surface area (Å²) >= 11 is 0. The number of nitrogens with one attached hydrogen (secondary N) is 1. The molecule has 1 N–H and O–H groups in total. The van der Waals surface area contributed by atoms with Crippen molar-refractivity contribution in [3.8, 4) is 11.5 Å². The topological polar surface area (TPSA) is 67.9 Å². The lowest BCUT2D eigenvalue weighted by molar-refractivity contribution is -0.128. The fourth-order valence-corrected chi connectivity index (χ4v) is 3.54. The van der Waals surface area contributed by atoms with Crippen molar-refractivity contribution in [3.63, 3.8) is 0 Å². The number of hydrogen-bond donors (Lipinski definition) is 1. The summed E-state index contributed by atoms with van der Waals surface area (Å²) in [6.07, 6.45) is 2.31. The van der Waals surface area contributed by atoms with Crippen LogP contribution in [0.4, 0.5) is 5.69 Å². The van der Waals surface area contributed by atoms with Gasteiger partial charge in [-0.1, -0.05) is 30.3 Å². The van der Waals surface area contributed by atoms with Gasteiger partial charge in [-0.15, -0.1) is 0 Å². The molecule has 28 heavy (non-hydrogen) atoms. The van der Waals surface area contributed by atoms with E-state index < -0.39 is 6.04 Å². The molecule has 148 valence electrons. The first-order valence-electron chi connectivity index (χ1n) is 9.49. The van der Waals surface area contributed by atoms with E-state index in [1.807, 2.05) is 48.5 Å². The van der Waals surface area contributed by atoms with E-state index in [0.717, 1.165) is 17.7 Å². The molecule has 1 aliphatic rings. The third kappa shape index (κ3) is 4.44. The van der Waals surface area contributed by atoms with Crippen LogP contribution in [0.5, 0.6) is 11.5 Å². The van der Waals surface area contributed by atoms with Crippen LogP contribution in [-0.4, -0.2) is 38.6 Å². The van der Waals surface area contributed by atoms with E-state index in [-0.39, 0.29) is 18.2 Å². The molecule has 2 amide bonds. The molecular formula is C22H26N2O4. The number of rotatable bonds is 7. The van der Waals surface area contributed by atoms with Crippen molar-refractivity contribution in [2.45, 2.75) is 31.7 Å². The number of methoxy groups -OCH3 is 2. The predicted molar refractivity (Wildman–Crippen MR) is 108 cm³/mol. The minimum atomic E-state index is -0.478. The maximum atomic E-state index is 12.8. The first-order valence-corrected chi connectivity index (χ1v) is 9.49. The summed E-state index contributed by atoms with van der Waals surface area (Å²) in [5.74, 6) is 1.09. The van der Waals surface area contributed by atoms with Crippen LogP contribution in [0.25, 0.3) is 0 Å². The van der Waals surface area contributed by atoms with E-state index in [1.54, 1.807) is 19.1 Å². The Morgan fingerprint density at radius 2 is 1.89 bits per heavy atom. The van der Waals surface area contributed by atoms with Crippen LogP contribution in [0.1, 0.15) is 24.8 Å². The van der Waals surface area contributed by atoms with E-state index in [4.69, 9.17) is 9.47 Å². The van der Waals surface area contributed by atoms with Crippen molar-refractivity contribution in [2.24, 2.45) is 0 Å². The zero-order valence-electron chi connectivity index (χ0n) is 16.3. The number of carbonyl (C=O) groups is 2. The van der Waals surface area contributed by atoms with Gasteiger partial charge in [-0.25, -0.2) is 0 Å². The largest absolute Gasteiger partial charge is 0.493 e. The second kappa shape index (κ2) is 9.26. The zero-order chi connectivity index (χ0) is 19.9. The second-order valence-corrected chi connectivity index (χ2v) is 6.74. The van der Waals surface area contributed by atoms with Gasteiger partial charge in [-0.05, 0) is 43.0 Å². The molecule has 1 heterocycles. The van der Waals surface area contributed by atoms with Crippen LogP contribution >= 0.6 is 0 Å². The molecule has 6 heteroatoms. The minimum absolute atomic E-state index is 0.0511. The average molecular weight is 382 g/mol. The van der Waals surface area contributed by atoms with Crippen LogP contribution in [0.2, 0.25) is 0 Å². The normalized spacial score (nSPS) is 16.6. The Balaban J connectivity index is 1.60. The number of para-hydroxylation sites is 2. The van der Waals surface area contributed by atoms with Gasteiger partial charge in [0.25, 0.3) is 0 Å². The summed E-state index contributed by atoms with van der Waals surface area (Å²) < 4.78 is 10.7. The van der Waals surface area contributed by atoms with E-state index in [9.17, 15) is 9.59 Å². The van der Waals surface area contributed by atoms with Crippen molar-refractivity contribution in [1.82, 2.24) is 5.32 Å². The Hall–Kier alpha value is -3.02. The number of aryl methyl sites for hydroxylation is 1. The summed E-state index contributed by atoms with van der Waals surface area (Å²) in [5.41, 5.74) is 1.77. The molecule has 0 spiro atoms. The smallest absolute Gasteiger partial charge is 0.249 e. The first-order chi connectivity index (χ1) is 13.6. The van der Waals surface area contributed by atoms with Crippen LogP contribution in [0.3, 0.4) is 0 Å². The molecule has 6 nitrogen and oxygen atoms in total. The fourth-order valence-electron chi connectivity index (χ4n) is 3.54. The van der Waals surface area contributed by atoms with Crippen LogP contribution in [0, 0.1) is 0 Å². The third-order valence-electron chi connectivity index (χ3n) is 4.95. The Kier molecular flexibility index (Phi) is 6.53. The van der Waals surface area contributed by atoms with E-state index >= 15 is 0 Å². The number of amides is 2. The van der Waals surface area contributed by atoms with Crippen LogP contribution in [0.15, 0.2) is 48.5 Å². The molecule has 0 radical (unpaired) electrons. The highest BCUT2D eigenvalue weighted by Crippen LogP contribution is 2.31. The van der Waals surface area contributed by atoms with Crippen molar-refractivity contribution >= 4 is 17.5 Å². The molecule has 1 fully saturated rings. The van der Waals surface area contributed by atoms with Gasteiger partial charge in [-0.2, -0.15) is 0 Å². The van der Waals surface area contributed by atoms with Crippen molar-refractivity contribution < 1.29 is 19.1 Å². The number of anilines is 1. The lowest BCUT2D eigenvalue weighted by Gasteiger charge is -2.32. The summed E-state index contributed by atoms with van der Waals surface area (Å²) in [7, 11) is 3.17. The third-order valence-corrected chi connectivity index (χ3v) is 4.95. The Morgan fingerprint density at radius 1 is 1.11 bits per heavy atom. The number of carbonyl (C=O) groups excluding carboxylic acids is 2. The van der Waals surface area contributed by atoms with Gasteiger partial charge < -0.3 is 19.7 Å². The lowest BCUT2D eigenvalue weighted by atomic mass is 10.0. The quantitative estimate of drug-likeness (QED) is 0.799. The van der Waals surface area contributed by atoms with Gasteiger partial charge in [0, 0.05) is 18.7 Å². The first kappa shape index (κ1) is 19.7. The summed E-state index contributed by atoms with van der Waals surface area (Å²) in [6, 6.07) is 14.7. The van der Waals surface area contributed by atoms with E-state index in [1.165, 1.54) is 0 Å². The SMILES string of the molecule is COc1cccc(CCC(=O)NC2CCCN(c3ccccc3)C2=O)c1OC. The van der Waals surface area contributed by atoms with E-state index in [0.29, 0.717) is 30.9 Å². The van der Waals surface area contributed by atoms with Crippen LogP contribution in [-0.2, 0) is 16.0 Å². The number of benzene rings is 2. The number of nitrogens with zero attached hydrogens (tertiary/aromatic N) is 1. The number of ether oxygens (including phenoxy) is 2. The Labute approximate surface area is 165 Å². The molecule has 1 saturated heterocycles. The summed E-state index contributed by atoms with van der Waals surface area (Å²) in [4.78, 5) is 27.0. The summed E-state index contributed by atoms with van der Waals surface area (Å²) in [6.45, 7) is 0.677. The Morgan fingerprint density at radius 3 is 2.61 bits per heavy atom. The standard InChI is InChI=1S/C22H26N2O4/c1-27-19-12-6-8-16(21(19)28-2)13-14-20(25)23-18-11-7-15-24(22(18)26)17-9-4-3-5-10-17/h3-6,8-10,12,18H,7,11,13-15H2,1-2H3,(H,23,25). The maximum Gasteiger partial charge on any atom is 0.249 e. The molecule has 0 aromatic heterocycles. The Bertz CT molecular complexity index is 823. The van der Waals surface area contributed by atoms with Crippen molar-refractivity contribution in [1.29, 1.82) is 0 Å². The minimum Gasteiger partial charge on any atom is -0.493 e. The predicted octanol–water partition coefficient (Wildman–Crippen LogP) is 2.95. The highest BCUT2D eigenvalue weighted by molar-refractivity contribution is 5.99. The van der Waals surface area contributed by atoms with Gasteiger partial charge in [-0.3, -0.25) is 9.59 Å². The number of piperidine rings is 1. The second-order valence-electron chi connectivity index (χ2n) is 6.74. The monoisotopic (exact) mass is 382 g/mol. The molecule has 0 aliphatic carbocycles. The summed E-state index contributed by atoms with van der Waals surface area (Å²) in [5, 5.41) is 2.90.